The number of aromatic nitrogens is 2. The summed E-state index contributed by atoms with van der Waals surface area (Å²) >= 11 is 1.28. The van der Waals surface area contributed by atoms with E-state index < -0.39 is 10.0 Å². The lowest BCUT2D eigenvalue weighted by molar-refractivity contribution is -0.113. The number of thioether (sulfide) groups is 1. The molecule has 10 heteroatoms. The van der Waals surface area contributed by atoms with Crippen LogP contribution in [0.5, 0.6) is 0 Å². The number of anilines is 1. The highest BCUT2D eigenvalue weighted by atomic mass is 32.2. The molecule has 0 saturated carbocycles. The fraction of sp³-hybridized carbons (Fsp3) is 0.208. The van der Waals surface area contributed by atoms with Crippen LogP contribution in [0, 0.1) is 13.8 Å². The van der Waals surface area contributed by atoms with Crippen molar-refractivity contribution >= 4 is 44.3 Å². The van der Waals surface area contributed by atoms with Gasteiger partial charge < -0.3 is 9.73 Å². The topological polar surface area (TPSA) is 105 Å². The number of fused-ring (bicyclic) bond motifs is 1. The molecule has 0 aliphatic rings. The fourth-order valence-electron chi connectivity index (χ4n) is 3.31. The first kappa shape index (κ1) is 23.9. The average Bonchev–Trinajstić information content (AvgIpc) is 3.35. The number of sulfonamides is 1. The van der Waals surface area contributed by atoms with E-state index in [-0.39, 0.29) is 16.6 Å². The van der Waals surface area contributed by atoms with Gasteiger partial charge in [0.1, 0.15) is 5.03 Å². The van der Waals surface area contributed by atoms with Crippen LogP contribution in [0.3, 0.4) is 0 Å². The molecule has 2 heterocycles. The van der Waals surface area contributed by atoms with Crippen LogP contribution < -0.4 is 5.32 Å². The second-order valence-corrected chi connectivity index (χ2v) is 11.0. The molecule has 4 aromatic rings. The molecule has 0 radical (unpaired) electrons. The number of rotatable bonds is 7. The summed E-state index contributed by atoms with van der Waals surface area (Å²) in [5, 5.41) is 4.35. The molecule has 4 rings (SSSR count). The summed E-state index contributed by atoms with van der Waals surface area (Å²) in [5.74, 6) is 0.803. The van der Waals surface area contributed by atoms with E-state index in [1.54, 1.807) is 24.5 Å². The molecule has 0 aliphatic heterocycles. The summed E-state index contributed by atoms with van der Waals surface area (Å²) in [6.45, 7) is 3.66. The van der Waals surface area contributed by atoms with Gasteiger partial charge in [-0.05, 0) is 55.3 Å². The molecular formula is C24H24N4O4S2. The van der Waals surface area contributed by atoms with E-state index in [1.165, 1.54) is 31.9 Å². The minimum Gasteiger partial charge on any atom is -0.461 e. The zero-order valence-electron chi connectivity index (χ0n) is 19.2. The Morgan fingerprint density at radius 3 is 2.56 bits per heavy atom. The molecule has 0 aliphatic carbocycles. The Morgan fingerprint density at radius 2 is 1.85 bits per heavy atom. The maximum absolute atomic E-state index is 12.8. The molecule has 34 heavy (non-hydrogen) atoms. The highest BCUT2D eigenvalue weighted by molar-refractivity contribution is 8.00. The first-order chi connectivity index (χ1) is 16.2. The van der Waals surface area contributed by atoms with Gasteiger partial charge in [-0.25, -0.2) is 22.7 Å². The van der Waals surface area contributed by atoms with Gasteiger partial charge in [0.25, 0.3) is 0 Å². The maximum Gasteiger partial charge on any atom is 0.242 e. The van der Waals surface area contributed by atoms with Gasteiger partial charge in [-0.2, -0.15) is 0 Å². The lowest BCUT2D eigenvalue weighted by Crippen LogP contribution is -2.23. The Morgan fingerprint density at radius 1 is 1.09 bits per heavy atom. The van der Waals surface area contributed by atoms with Gasteiger partial charge >= 0.3 is 0 Å². The lowest BCUT2D eigenvalue weighted by atomic mass is 10.1. The number of hydrogen-bond donors (Lipinski definition) is 1. The zero-order valence-corrected chi connectivity index (χ0v) is 20.8. The van der Waals surface area contributed by atoms with Crippen molar-refractivity contribution in [3.05, 3.63) is 65.9 Å². The van der Waals surface area contributed by atoms with Gasteiger partial charge in [0.15, 0.2) is 11.6 Å². The van der Waals surface area contributed by atoms with Gasteiger partial charge in [-0.1, -0.05) is 30.0 Å². The van der Waals surface area contributed by atoms with E-state index >= 15 is 0 Å². The van der Waals surface area contributed by atoms with Crippen LogP contribution in [0.4, 0.5) is 5.69 Å². The first-order valence-corrected chi connectivity index (χ1v) is 12.9. The van der Waals surface area contributed by atoms with Gasteiger partial charge in [-0.3, -0.25) is 4.79 Å². The van der Waals surface area contributed by atoms with Gasteiger partial charge in [-0.15, -0.1) is 0 Å². The highest BCUT2D eigenvalue weighted by Gasteiger charge is 2.20. The highest BCUT2D eigenvalue weighted by Crippen LogP contribution is 2.30. The van der Waals surface area contributed by atoms with Crippen molar-refractivity contribution in [1.82, 2.24) is 14.3 Å². The van der Waals surface area contributed by atoms with Crippen LogP contribution in [-0.4, -0.2) is 48.4 Å². The molecule has 0 unspecified atom stereocenters. The second kappa shape index (κ2) is 9.57. The third-order valence-electron chi connectivity index (χ3n) is 5.34. The molecule has 0 spiro atoms. The van der Waals surface area contributed by atoms with Crippen LogP contribution in [0.25, 0.3) is 22.5 Å². The molecule has 176 valence electrons. The molecule has 0 bridgehead atoms. The second-order valence-electron chi connectivity index (χ2n) is 7.88. The molecule has 0 atom stereocenters. The minimum absolute atomic E-state index is 0.0851. The maximum atomic E-state index is 12.8. The van der Waals surface area contributed by atoms with Crippen molar-refractivity contribution in [3.63, 3.8) is 0 Å². The predicted molar refractivity (Wildman–Crippen MR) is 133 cm³/mol. The third kappa shape index (κ3) is 4.84. The smallest absolute Gasteiger partial charge is 0.242 e. The number of nitrogens with one attached hydrogen (secondary N) is 1. The van der Waals surface area contributed by atoms with E-state index in [1.807, 2.05) is 38.1 Å². The summed E-state index contributed by atoms with van der Waals surface area (Å²) in [6, 6.07) is 14.2. The number of furan rings is 1. The predicted octanol–water partition coefficient (Wildman–Crippen LogP) is 4.49. The molecule has 0 saturated heterocycles. The molecule has 8 nitrogen and oxygen atoms in total. The van der Waals surface area contributed by atoms with Crippen LogP contribution in [0.1, 0.15) is 11.1 Å². The number of nitrogens with zero attached hydrogens (tertiary/aromatic N) is 3. The summed E-state index contributed by atoms with van der Waals surface area (Å²) in [7, 11) is -0.680. The quantitative estimate of drug-likeness (QED) is 0.297. The van der Waals surface area contributed by atoms with Crippen molar-refractivity contribution in [2.45, 2.75) is 23.8 Å². The molecule has 2 aromatic carbocycles. The molecule has 1 N–H and O–H groups in total. The Kier molecular flexibility index (Phi) is 6.74. The van der Waals surface area contributed by atoms with Gasteiger partial charge in [0.05, 0.1) is 22.4 Å². The number of aryl methyl sites for hydroxylation is 1. The number of carbonyl (C=O) groups is 1. The van der Waals surface area contributed by atoms with Crippen molar-refractivity contribution in [1.29, 1.82) is 0 Å². The minimum atomic E-state index is -3.63. The Bertz CT molecular complexity index is 1470. The lowest BCUT2D eigenvalue weighted by Gasteiger charge is -2.16. The monoisotopic (exact) mass is 496 g/mol. The fourth-order valence-corrected chi connectivity index (χ4v) is 5.14. The normalized spacial score (nSPS) is 11.8. The Balaban J connectivity index is 1.58. The van der Waals surface area contributed by atoms with E-state index in [2.05, 4.69) is 15.3 Å². The van der Waals surface area contributed by atoms with Crippen molar-refractivity contribution in [2.24, 2.45) is 0 Å². The average molecular weight is 497 g/mol. The first-order valence-electron chi connectivity index (χ1n) is 10.4. The Labute approximate surface area is 202 Å². The van der Waals surface area contributed by atoms with Crippen molar-refractivity contribution in [2.75, 3.05) is 25.2 Å². The SMILES string of the molecule is Cc1cc(S(=O)(=O)N(C)C)cc(NC(=O)CSc2nc(-c3ccco3)nc3ccccc23)c1C. The summed E-state index contributed by atoms with van der Waals surface area (Å²) in [4.78, 5) is 22.1. The van der Waals surface area contributed by atoms with E-state index in [4.69, 9.17) is 4.42 Å². The Hall–Kier alpha value is -3.21. The van der Waals surface area contributed by atoms with Crippen LogP contribution in [0.2, 0.25) is 0 Å². The van der Waals surface area contributed by atoms with Crippen LogP contribution >= 0.6 is 11.8 Å². The third-order valence-corrected chi connectivity index (χ3v) is 8.13. The molecule has 1 amide bonds. The number of carbonyl (C=O) groups excluding carboxylic acids is 1. The van der Waals surface area contributed by atoms with Gasteiger partial charge in [0.2, 0.25) is 15.9 Å². The van der Waals surface area contributed by atoms with Crippen LogP contribution in [0.15, 0.2) is 69.1 Å². The zero-order chi connectivity index (χ0) is 24.5. The van der Waals surface area contributed by atoms with Crippen molar-refractivity contribution in [3.8, 4) is 11.6 Å². The standard InChI is InChI=1S/C24H24N4O4S2/c1-15-12-17(34(30,31)28(3)4)13-20(16(15)2)25-22(29)14-33-24-18-8-5-6-9-19(18)26-23(27-24)21-10-7-11-32-21/h5-13H,14H2,1-4H3,(H,25,29). The van der Waals surface area contributed by atoms with Gasteiger partial charge in [0, 0.05) is 25.2 Å². The largest absolute Gasteiger partial charge is 0.461 e. The van der Waals surface area contributed by atoms with Crippen LogP contribution in [-0.2, 0) is 14.8 Å². The van der Waals surface area contributed by atoms with E-state index in [9.17, 15) is 13.2 Å². The van der Waals surface area contributed by atoms with Crippen molar-refractivity contribution < 1.29 is 17.6 Å². The number of amides is 1. The summed E-state index contributed by atoms with van der Waals surface area (Å²) in [6.07, 6.45) is 1.56. The number of benzene rings is 2. The molecule has 0 fully saturated rings. The number of para-hydroxylation sites is 1. The summed E-state index contributed by atoms with van der Waals surface area (Å²) in [5.41, 5.74) is 2.80. The van der Waals surface area contributed by atoms with E-state index in [0.717, 1.165) is 26.3 Å². The molecule has 2 aromatic heterocycles. The number of hydrogen-bond acceptors (Lipinski definition) is 7. The molecular weight excluding hydrogens is 472 g/mol. The van der Waals surface area contributed by atoms with E-state index in [0.29, 0.717) is 22.3 Å². The summed E-state index contributed by atoms with van der Waals surface area (Å²) < 4.78 is 31.8.